The van der Waals surface area contributed by atoms with Crippen LogP contribution in [0.2, 0.25) is 0 Å². The highest BCUT2D eigenvalue weighted by molar-refractivity contribution is 5.60. The van der Waals surface area contributed by atoms with Gasteiger partial charge in [0, 0.05) is 30.1 Å². The number of pyridine rings is 1. The molecule has 17 heavy (non-hydrogen) atoms. The van der Waals surface area contributed by atoms with Crippen molar-refractivity contribution in [2.24, 2.45) is 0 Å². The number of nitrogens with two attached hydrogens (primary N) is 1. The van der Waals surface area contributed by atoms with Crippen molar-refractivity contribution in [3.63, 3.8) is 0 Å². The summed E-state index contributed by atoms with van der Waals surface area (Å²) in [6.07, 6.45) is 1.41. The Bertz CT molecular complexity index is 558. The van der Waals surface area contributed by atoms with Gasteiger partial charge in [0.15, 0.2) is 11.6 Å². The van der Waals surface area contributed by atoms with E-state index < -0.39 is 17.5 Å². The molecule has 3 nitrogen and oxygen atoms in total. The number of nitrogens with zero attached hydrogens (tertiary/aromatic N) is 1. The molecule has 1 aromatic heterocycles. The molecule has 0 spiro atoms. The second-order valence-corrected chi connectivity index (χ2v) is 3.35. The molecule has 3 N–H and O–H groups in total. The van der Waals surface area contributed by atoms with Crippen molar-refractivity contribution >= 4 is 17.2 Å². The average Bonchev–Trinajstić information content (AvgIpc) is 2.26. The third-order valence-electron chi connectivity index (χ3n) is 2.06. The number of benzene rings is 1. The van der Waals surface area contributed by atoms with Crippen LogP contribution in [0, 0.1) is 17.5 Å². The van der Waals surface area contributed by atoms with Crippen LogP contribution in [0.15, 0.2) is 30.5 Å². The van der Waals surface area contributed by atoms with Crippen molar-refractivity contribution in [2.45, 2.75) is 0 Å². The van der Waals surface area contributed by atoms with Gasteiger partial charge in [0.05, 0.1) is 5.69 Å². The Balaban J connectivity index is 2.33. The summed E-state index contributed by atoms with van der Waals surface area (Å²) in [4.78, 5) is 3.85. The van der Waals surface area contributed by atoms with Gasteiger partial charge in [0.2, 0.25) is 0 Å². The molecule has 0 bridgehead atoms. The summed E-state index contributed by atoms with van der Waals surface area (Å²) in [7, 11) is 0. The number of halogens is 3. The highest BCUT2D eigenvalue weighted by Gasteiger charge is 2.10. The fourth-order valence-electron chi connectivity index (χ4n) is 1.27. The molecule has 0 aliphatic carbocycles. The lowest BCUT2D eigenvalue weighted by atomic mass is 10.2. The molecule has 0 saturated heterocycles. The molecule has 0 fully saturated rings. The van der Waals surface area contributed by atoms with Crippen molar-refractivity contribution in [3.8, 4) is 0 Å². The van der Waals surface area contributed by atoms with E-state index >= 15 is 0 Å². The molecule has 88 valence electrons. The lowest BCUT2D eigenvalue weighted by Gasteiger charge is -2.07. The van der Waals surface area contributed by atoms with Crippen LogP contribution in [-0.2, 0) is 0 Å². The molecule has 1 heterocycles. The summed E-state index contributed by atoms with van der Waals surface area (Å²) in [5, 5.41) is 2.51. The number of rotatable bonds is 2. The monoisotopic (exact) mass is 239 g/mol. The van der Waals surface area contributed by atoms with E-state index in [-0.39, 0.29) is 11.5 Å². The van der Waals surface area contributed by atoms with E-state index in [1.54, 1.807) is 6.07 Å². The predicted molar refractivity (Wildman–Crippen MR) is 58.2 cm³/mol. The van der Waals surface area contributed by atoms with Crippen molar-refractivity contribution < 1.29 is 13.2 Å². The molecule has 0 saturated carbocycles. The lowest BCUT2D eigenvalue weighted by Crippen LogP contribution is -1.99. The van der Waals surface area contributed by atoms with Crippen molar-refractivity contribution in [3.05, 3.63) is 47.9 Å². The van der Waals surface area contributed by atoms with Crippen LogP contribution in [0.1, 0.15) is 0 Å². The van der Waals surface area contributed by atoms with Crippen LogP contribution in [0.5, 0.6) is 0 Å². The van der Waals surface area contributed by atoms with Crippen LogP contribution < -0.4 is 11.1 Å². The van der Waals surface area contributed by atoms with Crippen LogP contribution in [-0.4, -0.2) is 4.98 Å². The number of nitrogens with one attached hydrogen (secondary N) is 1. The van der Waals surface area contributed by atoms with Crippen molar-refractivity contribution in [1.29, 1.82) is 0 Å². The first-order chi connectivity index (χ1) is 8.06. The average molecular weight is 239 g/mol. The zero-order valence-electron chi connectivity index (χ0n) is 8.55. The summed E-state index contributed by atoms with van der Waals surface area (Å²) in [5.41, 5.74) is 5.71. The number of hydrogen-bond acceptors (Lipinski definition) is 3. The van der Waals surface area contributed by atoms with E-state index in [2.05, 4.69) is 10.3 Å². The van der Waals surface area contributed by atoms with Crippen LogP contribution in [0.25, 0.3) is 0 Å². The minimum Gasteiger partial charge on any atom is -0.399 e. The molecule has 0 unspecified atom stereocenters. The standard InChI is InChI=1S/C11H8F3N3/c12-7-4-9(14)10(5-8(7)13)17-11-3-6(15)1-2-16-11/h1-5H,(H3,15,16,17). The zero-order valence-corrected chi connectivity index (χ0v) is 8.55. The molecule has 0 amide bonds. The zero-order chi connectivity index (χ0) is 12.4. The minimum atomic E-state index is -1.24. The lowest BCUT2D eigenvalue weighted by molar-refractivity contribution is 0.496. The van der Waals surface area contributed by atoms with Gasteiger partial charge < -0.3 is 11.1 Å². The first kappa shape index (κ1) is 11.3. The maximum Gasteiger partial charge on any atom is 0.161 e. The van der Waals surface area contributed by atoms with E-state index in [0.29, 0.717) is 11.8 Å². The summed E-state index contributed by atoms with van der Waals surface area (Å²) in [5.74, 6) is -3.05. The Morgan fingerprint density at radius 3 is 2.41 bits per heavy atom. The molecule has 0 radical (unpaired) electrons. The molecular weight excluding hydrogens is 231 g/mol. The normalized spacial score (nSPS) is 10.3. The molecule has 2 aromatic rings. The van der Waals surface area contributed by atoms with Gasteiger partial charge in [-0.15, -0.1) is 0 Å². The van der Waals surface area contributed by atoms with Crippen molar-refractivity contribution in [2.75, 3.05) is 11.1 Å². The first-order valence-corrected chi connectivity index (χ1v) is 4.69. The largest absolute Gasteiger partial charge is 0.399 e. The van der Waals surface area contributed by atoms with Gasteiger partial charge in [-0.05, 0) is 6.07 Å². The van der Waals surface area contributed by atoms with Gasteiger partial charge in [-0.3, -0.25) is 0 Å². The topological polar surface area (TPSA) is 50.9 Å². The Hall–Kier alpha value is -2.24. The second kappa shape index (κ2) is 4.32. The summed E-state index contributed by atoms with van der Waals surface area (Å²) < 4.78 is 38.9. The Labute approximate surface area is 95.1 Å². The van der Waals surface area contributed by atoms with E-state index in [9.17, 15) is 13.2 Å². The molecule has 2 rings (SSSR count). The quantitative estimate of drug-likeness (QED) is 0.792. The summed E-state index contributed by atoms with van der Waals surface area (Å²) in [6.45, 7) is 0. The van der Waals surface area contributed by atoms with Gasteiger partial charge >= 0.3 is 0 Å². The molecule has 6 heteroatoms. The predicted octanol–water partition coefficient (Wildman–Crippen LogP) is 2.82. The van der Waals surface area contributed by atoms with Gasteiger partial charge in [-0.25, -0.2) is 18.2 Å². The summed E-state index contributed by atoms with van der Waals surface area (Å²) >= 11 is 0. The van der Waals surface area contributed by atoms with E-state index in [4.69, 9.17) is 5.73 Å². The molecular formula is C11H8F3N3. The first-order valence-electron chi connectivity index (χ1n) is 4.69. The summed E-state index contributed by atoms with van der Waals surface area (Å²) in [6, 6.07) is 4.17. The van der Waals surface area contributed by atoms with E-state index in [1.165, 1.54) is 12.3 Å². The molecule has 0 aliphatic heterocycles. The van der Waals surface area contributed by atoms with Gasteiger partial charge in [-0.2, -0.15) is 0 Å². The molecule has 1 aromatic carbocycles. The SMILES string of the molecule is Nc1ccnc(Nc2cc(F)c(F)cc2F)c1. The Morgan fingerprint density at radius 2 is 1.71 bits per heavy atom. The van der Waals surface area contributed by atoms with Gasteiger partial charge in [0.25, 0.3) is 0 Å². The molecule has 0 atom stereocenters. The minimum absolute atomic E-state index is 0.206. The fourth-order valence-corrected chi connectivity index (χ4v) is 1.27. The maximum atomic E-state index is 13.3. The number of hydrogen-bond donors (Lipinski definition) is 2. The smallest absolute Gasteiger partial charge is 0.161 e. The van der Waals surface area contributed by atoms with E-state index in [0.717, 1.165) is 6.07 Å². The number of anilines is 3. The Kier molecular flexibility index (Phi) is 2.86. The number of nitrogen functional groups attached to an aromatic ring is 1. The van der Waals surface area contributed by atoms with Gasteiger partial charge in [-0.1, -0.05) is 0 Å². The highest BCUT2D eigenvalue weighted by atomic mass is 19.2. The van der Waals surface area contributed by atoms with Crippen LogP contribution >= 0.6 is 0 Å². The third kappa shape index (κ3) is 2.47. The fraction of sp³-hybridized carbons (Fsp3) is 0. The van der Waals surface area contributed by atoms with Gasteiger partial charge in [0.1, 0.15) is 11.6 Å². The molecule has 0 aliphatic rings. The Morgan fingerprint density at radius 1 is 1.00 bits per heavy atom. The number of aromatic nitrogens is 1. The van der Waals surface area contributed by atoms with E-state index in [1.807, 2.05) is 0 Å². The maximum absolute atomic E-state index is 13.3. The van der Waals surface area contributed by atoms with Crippen molar-refractivity contribution in [1.82, 2.24) is 4.98 Å². The van der Waals surface area contributed by atoms with Crippen LogP contribution in [0.3, 0.4) is 0 Å². The highest BCUT2D eigenvalue weighted by Crippen LogP contribution is 2.22. The van der Waals surface area contributed by atoms with Crippen LogP contribution in [0.4, 0.5) is 30.4 Å². The third-order valence-corrected chi connectivity index (χ3v) is 2.06. The second-order valence-electron chi connectivity index (χ2n) is 3.35.